The number of rotatable bonds is 6. The first-order valence-electron chi connectivity index (χ1n) is 13.6. The normalized spacial score (nSPS) is 20.4. The number of nitrogens with two attached hydrogens (primary N) is 1. The van der Waals surface area contributed by atoms with E-state index < -0.39 is 61.8 Å². The number of nitrogens with one attached hydrogen (secondary N) is 1. The van der Waals surface area contributed by atoms with Crippen molar-refractivity contribution < 1.29 is 40.3 Å². The summed E-state index contributed by atoms with van der Waals surface area (Å²) in [6, 6.07) is 4.93. The van der Waals surface area contributed by atoms with Gasteiger partial charge >= 0.3 is 12.4 Å². The van der Waals surface area contributed by atoms with E-state index >= 15 is 0 Å². The minimum absolute atomic E-state index is 0.00687. The maximum atomic E-state index is 14.6. The van der Waals surface area contributed by atoms with Crippen molar-refractivity contribution in [3.05, 3.63) is 46.7 Å². The Morgan fingerprint density at radius 2 is 1.77 bits per heavy atom. The van der Waals surface area contributed by atoms with Crippen LogP contribution >= 0.6 is 11.6 Å². The minimum atomic E-state index is -4.75. The van der Waals surface area contributed by atoms with Crippen LogP contribution in [-0.4, -0.2) is 87.0 Å². The van der Waals surface area contributed by atoms with Crippen molar-refractivity contribution in [3.8, 4) is 11.3 Å². The maximum absolute atomic E-state index is 14.6. The molecule has 0 radical (unpaired) electrons. The highest BCUT2D eigenvalue weighted by molar-refractivity contribution is 6.34. The molecule has 2 fully saturated rings. The molecule has 5 rings (SSSR count). The minimum Gasteiger partial charge on any atom is -0.382 e. The fourth-order valence-electron chi connectivity index (χ4n) is 5.62. The van der Waals surface area contributed by atoms with Gasteiger partial charge in [-0.25, -0.2) is 13.9 Å². The summed E-state index contributed by atoms with van der Waals surface area (Å²) in [5.41, 5.74) is 8.09. The van der Waals surface area contributed by atoms with Gasteiger partial charge in [0.2, 0.25) is 5.91 Å². The van der Waals surface area contributed by atoms with Crippen molar-refractivity contribution in [1.29, 1.82) is 0 Å². The third-order valence-electron chi connectivity index (χ3n) is 7.88. The highest BCUT2D eigenvalue weighted by Crippen LogP contribution is 2.36. The highest BCUT2D eigenvalue weighted by atomic mass is 35.5. The number of piperidine rings is 1. The zero-order chi connectivity index (χ0) is 32.0. The third-order valence-corrected chi connectivity index (χ3v) is 8.21. The van der Waals surface area contributed by atoms with E-state index in [2.05, 4.69) is 15.4 Å². The molecule has 3 N–H and O–H groups in total. The van der Waals surface area contributed by atoms with Gasteiger partial charge in [-0.3, -0.25) is 14.5 Å². The van der Waals surface area contributed by atoms with Crippen LogP contribution in [0, 0.1) is 5.92 Å². The topological polar surface area (TPSA) is 109 Å². The Balaban J connectivity index is 1.36. The lowest BCUT2D eigenvalue weighted by atomic mass is 9.96. The number of alkyl halides is 7. The molecule has 0 spiro atoms. The fourth-order valence-corrected chi connectivity index (χ4v) is 5.83. The lowest BCUT2D eigenvalue weighted by molar-refractivity contribution is -0.185. The van der Waals surface area contributed by atoms with E-state index in [1.807, 2.05) is 4.90 Å². The van der Waals surface area contributed by atoms with E-state index in [-0.39, 0.29) is 48.9 Å². The number of benzene rings is 1. The molecule has 0 bridgehead atoms. The number of nitrogens with zero attached hydrogens (tertiary/aromatic N) is 5. The standard InChI is InChI=1S/C27H27ClF7N7O2/c28-18-2-1-14(7-17(18)25(44)39-20-12-41(11-19(20)29)22(43)9-26(30,31)32)21-8-15(23-24(36)37-13-38-42(21)23)10-40-5-3-16(4-6-40)27(33,34)35/h1-2,7-8,13,16,19-20H,3-6,9-12H2,(H,39,44)(H2,36,37,38)/t19-,20+/m0/s1. The van der Waals surface area contributed by atoms with Crippen molar-refractivity contribution in [2.45, 2.75) is 50.4 Å². The van der Waals surface area contributed by atoms with Crippen LogP contribution in [0.4, 0.5) is 36.6 Å². The molecule has 4 heterocycles. The number of hydrogen-bond acceptors (Lipinski definition) is 6. The number of nitrogen functional groups attached to an aromatic ring is 1. The Labute approximate surface area is 251 Å². The van der Waals surface area contributed by atoms with Crippen LogP contribution in [0.5, 0.6) is 0 Å². The van der Waals surface area contributed by atoms with E-state index in [0.717, 1.165) is 0 Å². The first kappa shape index (κ1) is 31.8. The van der Waals surface area contributed by atoms with Gasteiger partial charge in [0.05, 0.1) is 34.8 Å². The molecule has 17 heteroatoms. The van der Waals surface area contributed by atoms with Crippen molar-refractivity contribution >= 4 is 34.7 Å². The molecule has 2 aliphatic heterocycles. The van der Waals surface area contributed by atoms with Crippen molar-refractivity contribution in [3.63, 3.8) is 0 Å². The summed E-state index contributed by atoms with van der Waals surface area (Å²) in [4.78, 5) is 31.7. The van der Waals surface area contributed by atoms with E-state index in [0.29, 0.717) is 27.2 Å². The molecule has 3 aromatic rings. The summed E-state index contributed by atoms with van der Waals surface area (Å²) in [6.45, 7) is -0.309. The number of halogens is 8. The summed E-state index contributed by atoms with van der Waals surface area (Å²) >= 11 is 6.29. The fraction of sp³-hybridized carbons (Fsp3) is 0.481. The van der Waals surface area contributed by atoms with Crippen LogP contribution in [0.1, 0.15) is 35.2 Å². The molecule has 238 valence electrons. The van der Waals surface area contributed by atoms with Crippen LogP contribution in [0.2, 0.25) is 5.02 Å². The summed E-state index contributed by atoms with van der Waals surface area (Å²) < 4.78 is 93.4. The van der Waals surface area contributed by atoms with Gasteiger partial charge < -0.3 is 16.0 Å². The molecular weight excluding hydrogens is 623 g/mol. The number of aromatic nitrogens is 3. The molecule has 0 aliphatic carbocycles. The molecule has 2 saturated heterocycles. The van der Waals surface area contributed by atoms with Gasteiger partial charge in [-0.1, -0.05) is 17.7 Å². The maximum Gasteiger partial charge on any atom is 0.397 e. The SMILES string of the molecule is Nc1ncnn2c(-c3ccc(Cl)c(C(=O)N[C@@H]4CN(C(=O)CC(F)(F)F)C[C@@H]4F)c3)cc(CN3CCC(C(F)(F)F)CC3)c12. The molecule has 1 aromatic carbocycles. The van der Waals surface area contributed by atoms with Crippen LogP contribution in [0.15, 0.2) is 30.6 Å². The van der Waals surface area contributed by atoms with Crippen molar-refractivity contribution in [2.24, 2.45) is 5.92 Å². The lowest BCUT2D eigenvalue weighted by Crippen LogP contribution is -2.42. The molecule has 44 heavy (non-hydrogen) atoms. The molecule has 0 saturated carbocycles. The van der Waals surface area contributed by atoms with Crippen LogP contribution in [0.25, 0.3) is 16.8 Å². The predicted molar refractivity (Wildman–Crippen MR) is 145 cm³/mol. The molecular formula is C27H27ClF7N7O2. The lowest BCUT2D eigenvalue weighted by Gasteiger charge is -2.32. The number of hydrogen-bond donors (Lipinski definition) is 2. The van der Waals surface area contributed by atoms with Crippen LogP contribution in [-0.2, 0) is 11.3 Å². The summed E-state index contributed by atoms with van der Waals surface area (Å²) in [6.07, 6.45) is -11.4. The Hall–Kier alpha value is -3.66. The number of amides is 2. The van der Waals surface area contributed by atoms with E-state index in [4.69, 9.17) is 17.3 Å². The van der Waals surface area contributed by atoms with Gasteiger partial charge in [-0.2, -0.15) is 31.4 Å². The summed E-state index contributed by atoms with van der Waals surface area (Å²) in [7, 11) is 0. The second-order valence-electron chi connectivity index (χ2n) is 10.9. The third kappa shape index (κ3) is 6.85. The number of carbonyl (C=O) groups is 2. The van der Waals surface area contributed by atoms with Crippen molar-refractivity contribution in [1.82, 2.24) is 29.7 Å². The second-order valence-corrected chi connectivity index (χ2v) is 11.3. The molecule has 0 unspecified atom stereocenters. The highest BCUT2D eigenvalue weighted by Gasteiger charge is 2.42. The van der Waals surface area contributed by atoms with Gasteiger partial charge in [0.25, 0.3) is 5.91 Å². The van der Waals surface area contributed by atoms with Crippen molar-refractivity contribution in [2.75, 3.05) is 31.9 Å². The van der Waals surface area contributed by atoms with Crippen LogP contribution in [0.3, 0.4) is 0 Å². The number of carbonyl (C=O) groups excluding carboxylic acids is 2. The molecule has 2 aliphatic rings. The van der Waals surface area contributed by atoms with E-state index in [1.54, 1.807) is 12.1 Å². The predicted octanol–water partition coefficient (Wildman–Crippen LogP) is 4.64. The Kier molecular flexibility index (Phi) is 8.68. The Morgan fingerprint density at radius 3 is 2.43 bits per heavy atom. The summed E-state index contributed by atoms with van der Waals surface area (Å²) in [5, 5.41) is 6.70. The monoisotopic (exact) mass is 649 g/mol. The molecule has 2 aromatic heterocycles. The largest absolute Gasteiger partial charge is 0.397 e. The van der Waals surface area contributed by atoms with Gasteiger partial charge in [-0.15, -0.1) is 0 Å². The average molecular weight is 650 g/mol. The van der Waals surface area contributed by atoms with Gasteiger partial charge in [0.15, 0.2) is 5.82 Å². The smallest absolute Gasteiger partial charge is 0.382 e. The van der Waals surface area contributed by atoms with Gasteiger partial charge in [-0.05, 0) is 49.7 Å². The van der Waals surface area contributed by atoms with E-state index in [1.165, 1.54) is 23.0 Å². The number of fused-ring (bicyclic) bond motifs is 1. The average Bonchev–Trinajstić information content (AvgIpc) is 3.49. The first-order chi connectivity index (χ1) is 20.6. The number of likely N-dealkylation sites (tertiary alicyclic amines) is 2. The Bertz CT molecular complexity index is 1550. The van der Waals surface area contributed by atoms with Gasteiger partial charge in [0, 0.05) is 18.7 Å². The van der Waals surface area contributed by atoms with E-state index in [9.17, 15) is 40.3 Å². The number of anilines is 1. The Morgan fingerprint density at radius 1 is 1.07 bits per heavy atom. The molecule has 2 atom stereocenters. The van der Waals surface area contributed by atoms with Crippen LogP contribution < -0.4 is 11.1 Å². The zero-order valence-electron chi connectivity index (χ0n) is 22.9. The summed E-state index contributed by atoms with van der Waals surface area (Å²) in [5.74, 6) is -3.32. The quantitative estimate of drug-likeness (QED) is 0.377. The molecule has 9 nitrogen and oxygen atoms in total. The second kappa shape index (κ2) is 12.0. The molecule has 2 amide bonds. The first-order valence-corrected chi connectivity index (χ1v) is 14.0. The van der Waals surface area contributed by atoms with Gasteiger partial charge in [0.1, 0.15) is 24.4 Å². The zero-order valence-corrected chi connectivity index (χ0v) is 23.7.